The predicted molar refractivity (Wildman–Crippen MR) is 265 cm³/mol. The Kier molecular flexibility index (Phi) is 18.3. The molecule has 0 fully saturated rings. The third kappa shape index (κ3) is 11.9. The van der Waals surface area contributed by atoms with E-state index in [0.717, 1.165) is 37.9 Å². The van der Waals surface area contributed by atoms with E-state index in [2.05, 4.69) is 0 Å². The van der Waals surface area contributed by atoms with Gasteiger partial charge in [0, 0.05) is 27.2 Å². The fraction of sp³-hybridized carbons (Fsp3) is 0.296. The highest BCUT2D eigenvalue weighted by Crippen LogP contribution is 2.47. The number of aryl methyl sites for hydroxylation is 2. The SMILES string of the molecule is CCOC(=O)Cc1ccc(N)cc1.CCOC(=O)Cc1ccc(N2C(=O)c3c(c(OCC)c4cc(C)ccc4c3OCC)C2=O)cc1.CCOc1c(C(=O)O)c(C(=O)O)c(OCC)c2cc(C)ccc12. The van der Waals surface area contributed by atoms with Gasteiger partial charge >= 0.3 is 23.9 Å². The zero-order valence-electron chi connectivity index (χ0n) is 40.6. The molecular weight excluding hydrogens is 901 g/mol. The van der Waals surface area contributed by atoms with Crippen LogP contribution in [-0.2, 0) is 31.9 Å². The number of ether oxygens (including phenoxy) is 6. The summed E-state index contributed by atoms with van der Waals surface area (Å²) in [4.78, 5) is 74.6. The Hall–Kier alpha value is -8.14. The second-order valence-corrected chi connectivity index (χ2v) is 15.6. The highest BCUT2D eigenvalue weighted by Gasteiger charge is 2.43. The summed E-state index contributed by atoms with van der Waals surface area (Å²) in [7, 11) is 0. The quantitative estimate of drug-likeness (QED) is 0.0439. The number of carboxylic acid groups (broad SMARTS) is 2. The van der Waals surface area contributed by atoms with Crippen molar-refractivity contribution in [2.45, 2.75) is 68.2 Å². The minimum Gasteiger partial charge on any atom is -0.492 e. The van der Waals surface area contributed by atoms with Crippen molar-refractivity contribution in [1.82, 2.24) is 0 Å². The number of fused-ring (bicyclic) bond motifs is 3. The van der Waals surface area contributed by atoms with E-state index in [9.17, 15) is 39.0 Å². The number of benzene rings is 6. The third-order valence-corrected chi connectivity index (χ3v) is 10.6. The summed E-state index contributed by atoms with van der Waals surface area (Å²) in [5.74, 6) is -3.32. The number of aromatic carboxylic acids is 2. The first-order valence-corrected chi connectivity index (χ1v) is 22.9. The van der Waals surface area contributed by atoms with Gasteiger partial charge in [-0.3, -0.25) is 19.2 Å². The maximum Gasteiger partial charge on any atom is 0.340 e. The maximum absolute atomic E-state index is 13.6. The first kappa shape index (κ1) is 52.8. The number of carbonyl (C=O) groups excluding carboxylic acids is 4. The van der Waals surface area contributed by atoms with Gasteiger partial charge in [-0.2, -0.15) is 0 Å². The van der Waals surface area contributed by atoms with Crippen LogP contribution in [0.1, 0.15) is 105 Å². The van der Waals surface area contributed by atoms with Crippen LogP contribution in [0.15, 0.2) is 84.9 Å². The molecule has 0 bridgehead atoms. The highest BCUT2D eigenvalue weighted by atomic mass is 16.5. The van der Waals surface area contributed by atoms with Crippen molar-refractivity contribution in [1.29, 1.82) is 0 Å². The molecular formula is C54H58N2O14. The Labute approximate surface area is 405 Å². The summed E-state index contributed by atoms with van der Waals surface area (Å²) in [5, 5.41) is 21.6. The molecule has 0 saturated heterocycles. The summed E-state index contributed by atoms with van der Waals surface area (Å²) in [6, 6.07) is 25.0. The molecule has 16 heteroatoms. The fourth-order valence-electron chi connectivity index (χ4n) is 7.78. The number of esters is 2. The Bertz CT molecular complexity index is 2910. The molecule has 70 heavy (non-hydrogen) atoms. The number of amides is 2. The minimum atomic E-state index is -1.37. The molecule has 2 amide bonds. The molecule has 6 aromatic carbocycles. The Morgan fingerprint density at radius 2 is 0.843 bits per heavy atom. The zero-order chi connectivity index (χ0) is 51.2. The van der Waals surface area contributed by atoms with Crippen LogP contribution in [0.4, 0.5) is 11.4 Å². The number of nitrogens with zero attached hydrogens (tertiary/aromatic N) is 1. The molecule has 0 unspecified atom stereocenters. The fourth-order valence-corrected chi connectivity index (χ4v) is 7.78. The molecule has 0 saturated carbocycles. The van der Waals surface area contributed by atoms with Gasteiger partial charge in [-0.25, -0.2) is 14.5 Å². The standard InChI is InChI=1S/C27H27NO6.C17H18O6.C10H13NO2/c1-5-32-21(29)15-17-9-11-18(12-10-17)28-26(30)22-23(27(28)31)25(34-7-3)20-14-16(4)8-13-19(20)24(22)33-6-2;1-4-22-14-10-7-6-9(3)8-11(10)15(23-5-2)13(17(20)21)12(14)16(18)19;1-2-13-10(12)7-8-3-5-9(11)6-4-8/h8-14H,5-7,15H2,1-4H3;6-8H,4-5H2,1-3H3,(H,18,19)(H,20,21);3-6H,2,7,11H2,1H3. The van der Waals surface area contributed by atoms with E-state index in [-0.39, 0.29) is 65.3 Å². The monoisotopic (exact) mass is 958 g/mol. The first-order chi connectivity index (χ1) is 33.5. The van der Waals surface area contributed by atoms with Gasteiger partial charge in [-0.15, -0.1) is 0 Å². The summed E-state index contributed by atoms with van der Waals surface area (Å²) in [6.45, 7) is 16.3. The molecule has 0 spiro atoms. The number of anilines is 2. The summed E-state index contributed by atoms with van der Waals surface area (Å²) in [6.07, 6.45) is 0.429. The maximum atomic E-state index is 13.6. The van der Waals surface area contributed by atoms with Crippen LogP contribution in [0.2, 0.25) is 0 Å². The number of hydrogen-bond acceptors (Lipinski definition) is 13. The Balaban J connectivity index is 0.000000218. The van der Waals surface area contributed by atoms with Crippen molar-refractivity contribution in [3.05, 3.63) is 129 Å². The summed E-state index contributed by atoms with van der Waals surface area (Å²) >= 11 is 0. The van der Waals surface area contributed by atoms with Gasteiger partial charge in [0.25, 0.3) is 11.8 Å². The molecule has 0 aromatic heterocycles. The van der Waals surface area contributed by atoms with E-state index in [1.54, 1.807) is 76.2 Å². The predicted octanol–water partition coefficient (Wildman–Crippen LogP) is 9.57. The number of carboxylic acids is 2. The average molecular weight is 959 g/mol. The van der Waals surface area contributed by atoms with Crippen LogP contribution in [0.5, 0.6) is 23.0 Å². The Morgan fingerprint density at radius 1 is 0.486 bits per heavy atom. The van der Waals surface area contributed by atoms with Crippen molar-refractivity contribution in [3.8, 4) is 23.0 Å². The van der Waals surface area contributed by atoms with Gasteiger partial charge < -0.3 is 44.4 Å². The first-order valence-electron chi connectivity index (χ1n) is 22.9. The van der Waals surface area contributed by atoms with Gasteiger partial charge in [0.15, 0.2) is 0 Å². The molecule has 368 valence electrons. The molecule has 6 aromatic rings. The molecule has 1 aliphatic rings. The van der Waals surface area contributed by atoms with Crippen LogP contribution in [0.3, 0.4) is 0 Å². The van der Waals surface area contributed by atoms with E-state index >= 15 is 0 Å². The summed E-state index contributed by atoms with van der Waals surface area (Å²) in [5.41, 5.74) is 9.81. The lowest BCUT2D eigenvalue weighted by molar-refractivity contribution is -0.143. The zero-order valence-corrected chi connectivity index (χ0v) is 40.6. The number of hydrogen-bond donors (Lipinski definition) is 3. The van der Waals surface area contributed by atoms with Crippen LogP contribution < -0.4 is 29.6 Å². The lowest BCUT2D eigenvalue weighted by Crippen LogP contribution is -2.29. The van der Waals surface area contributed by atoms with E-state index in [0.29, 0.717) is 66.5 Å². The molecule has 7 rings (SSSR count). The average Bonchev–Trinajstić information content (AvgIpc) is 3.58. The van der Waals surface area contributed by atoms with Crippen LogP contribution in [0, 0.1) is 13.8 Å². The van der Waals surface area contributed by atoms with Crippen LogP contribution in [0.25, 0.3) is 21.5 Å². The lowest BCUT2D eigenvalue weighted by Gasteiger charge is -2.18. The summed E-state index contributed by atoms with van der Waals surface area (Å²) < 4.78 is 32.6. The van der Waals surface area contributed by atoms with Crippen molar-refractivity contribution >= 4 is 68.6 Å². The third-order valence-electron chi connectivity index (χ3n) is 10.6. The van der Waals surface area contributed by atoms with E-state index < -0.39 is 23.8 Å². The van der Waals surface area contributed by atoms with Crippen molar-refractivity contribution in [3.63, 3.8) is 0 Å². The molecule has 1 heterocycles. The van der Waals surface area contributed by atoms with Gasteiger partial charge in [-0.1, -0.05) is 59.7 Å². The van der Waals surface area contributed by atoms with Crippen molar-refractivity contribution in [2.24, 2.45) is 0 Å². The topological polar surface area (TPSA) is 228 Å². The molecule has 16 nitrogen and oxygen atoms in total. The molecule has 1 aliphatic heterocycles. The molecule has 0 atom stereocenters. The highest BCUT2D eigenvalue weighted by molar-refractivity contribution is 6.38. The number of carbonyl (C=O) groups is 6. The lowest BCUT2D eigenvalue weighted by atomic mass is 9.96. The molecule has 0 aliphatic carbocycles. The molecule has 0 radical (unpaired) electrons. The largest absolute Gasteiger partial charge is 0.492 e. The number of nitrogen functional groups attached to an aromatic ring is 1. The van der Waals surface area contributed by atoms with Gasteiger partial charge in [0.05, 0.1) is 69.3 Å². The number of nitrogens with two attached hydrogens (primary N) is 1. The second kappa shape index (κ2) is 24.2. The van der Waals surface area contributed by atoms with E-state index in [1.807, 2.05) is 64.1 Å². The number of imide groups is 1. The number of rotatable bonds is 17. The Morgan fingerprint density at radius 3 is 1.24 bits per heavy atom. The van der Waals surface area contributed by atoms with Crippen molar-refractivity contribution < 1.29 is 67.4 Å². The van der Waals surface area contributed by atoms with Crippen LogP contribution in [-0.4, -0.2) is 85.5 Å². The second-order valence-electron chi connectivity index (χ2n) is 15.6. The normalized spacial score (nSPS) is 11.5. The van der Waals surface area contributed by atoms with E-state index in [1.165, 1.54) is 0 Å². The van der Waals surface area contributed by atoms with Gasteiger partial charge in [0.2, 0.25) is 0 Å². The van der Waals surface area contributed by atoms with Gasteiger partial charge in [-0.05, 0) is 103 Å². The molecule has 4 N–H and O–H groups in total. The van der Waals surface area contributed by atoms with Crippen LogP contribution >= 0.6 is 0 Å². The minimum absolute atomic E-state index is 0.0517. The van der Waals surface area contributed by atoms with E-state index in [4.69, 9.17) is 34.2 Å². The smallest absolute Gasteiger partial charge is 0.340 e. The van der Waals surface area contributed by atoms with Gasteiger partial charge in [0.1, 0.15) is 34.1 Å². The van der Waals surface area contributed by atoms with Crippen molar-refractivity contribution in [2.75, 3.05) is 50.3 Å².